The highest BCUT2D eigenvalue weighted by molar-refractivity contribution is 5.73. The van der Waals surface area contributed by atoms with Crippen molar-refractivity contribution in [3.63, 3.8) is 0 Å². The third kappa shape index (κ3) is 4.78. The fourth-order valence-corrected chi connectivity index (χ4v) is 2.93. The fourth-order valence-electron chi connectivity index (χ4n) is 2.93. The Balaban J connectivity index is 1.79. The fraction of sp³-hybridized carbons (Fsp3) is 0.300. The Morgan fingerprint density at radius 1 is 0.862 bits per heavy atom. The third-order valence-electron chi connectivity index (χ3n) is 4.48. The van der Waals surface area contributed by atoms with E-state index in [9.17, 15) is 35.7 Å². The van der Waals surface area contributed by atoms with E-state index < -0.39 is 37.3 Å². The van der Waals surface area contributed by atoms with Gasteiger partial charge in [-0.3, -0.25) is 0 Å². The SMILES string of the molecule is OC[C@H]1O[C@@H](Oc2cc(O)cc(/C=C/c3ccc(O)cc3O)c2)[C@@H](O)[C@@H](O)[C@H]1O. The van der Waals surface area contributed by atoms with Crippen molar-refractivity contribution >= 4 is 12.2 Å². The van der Waals surface area contributed by atoms with Crippen LogP contribution in [0.25, 0.3) is 12.2 Å². The van der Waals surface area contributed by atoms with Crippen LogP contribution in [0.1, 0.15) is 11.1 Å². The summed E-state index contributed by atoms with van der Waals surface area (Å²) in [6, 6.07) is 8.31. The minimum absolute atomic E-state index is 0.0766. The predicted molar refractivity (Wildman–Crippen MR) is 101 cm³/mol. The molecular formula is C20H22O9. The van der Waals surface area contributed by atoms with Crippen LogP contribution in [0.15, 0.2) is 36.4 Å². The largest absolute Gasteiger partial charge is 0.508 e. The molecule has 5 atom stereocenters. The van der Waals surface area contributed by atoms with Crippen LogP contribution in [0.4, 0.5) is 0 Å². The zero-order chi connectivity index (χ0) is 21.1. The number of aliphatic hydroxyl groups is 4. The van der Waals surface area contributed by atoms with Crippen molar-refractivity contribution in [2.75, 3.05) is 6.61 Å². The van der Waals surface area contributed by atoms with Gasteiger partial charge in [0.25, 0.3) is 0 Å². The average molecular weight is 406 g/mol. The topological polar surface area (TPSA) is 160 Å². The first-order chi connectivity index (χ1) is 13.8. The zero-order valence-corrected chi connectivity index (χ0v) is 15.2. The van der Waals surface area contributed by atoms with E-state index in [1.54, 1.807) is 12.2 Å². The van der Waals surface area contributed by atoms with Crippen LogP contribution in [0.2, 0.25) is 0 Å². The second kappa shape index (κ2) is 8.68. The smallest absolute Gasteiger partial charge is 0.229 e. The van der Waals surface area contributed by atoms with Gasteiger partial charge in [-0.15, -0.1) is 0 Å². The highest BCUT2D eigenvalue weighted by Gasteiger charge is 2.44. The molecule has 0 spiro atoms. The molecule has 1 aliphatic rings. The van der Waals surface area contributed by atoms with Gasteiger partial charge in [0.2, 0.25) is 6.29 Å². The van der Waals surface area contributed by atoms with E-state index in [2.05, 4.69) is 0 Å². The van der Waals surface area contributed by atoms with E-state index in [-0.39, 0.29) is 23.0 Å². The molecule has 2 aromatic rings. The van der Waals surface area contributed by atoms with Crippen molar-refractivity contribution in [2.45, 2.75) is 30.7 Å². The van der Waals surface area contributed by atoms with Gasteiger partial charge < -0.3 is 45.2 Å². The van der Waals surface area contributed by atoms with Crippen LogP contribution < -0.4 is 4.74 Å². The molecule has 156 valence electrons. The standard InChI is InChI=1S/C20H22O9/c21-9-16-17(25)18(26)19(27)20(29-16)28-14-6-10(5-13(23)7-14)1-2-11-3-4-12(22)8-15(11)24/h1-8,16-27H,9H2/b2-1+/t16-,17+,18+,19+,20-/m1/s1. The van der Waals surface area contributed by atoms with E-state index in [4.69, 9.17) is 9.47 Å². The molecule has 0 radical (unpaired) electrons. The van der Waals surface area contributed by atoms with Gasteiger partial charge in [-0.05, 0) is 29.8 Å². The summed E-state index contributed by atoms with van der Waals surface area (Å²) in [5.41, 5.74) is 0.916. The van der Waals surface area contributed by atoms with Gasteiger partial charge in [-0.25, -0.2) is 0 Å². The number of ether oxygens (including phenoxy) is 2. The molecule has 9 heteroatoms. The van der Waals surface area contributed by atoms with Gasteiger partial charge in [-0.2, -0.15) is 0 Å². The molecule has 1 saturated heterocycles. The summed E-state index contributed by atoms with van der Waals surface area (Å²) in [6.45, 7) is -0.588. The molecule has 7 N–H and O–H groups in total. The molecule has 0 saturated carbocycles. The van der Waals surface area contributed by atoms with Crippen LogP contribution in [0, 0.1) is 0 Å². The Kier molecular flexibility index (Phi) is 6.26. The monoisotopic (exact) mass is 406 g/mol. The maximum absolute atomic E-state index is 10.1. The van der Waals surface area contributed by atoms with Gasteiger partial charge in [0.1, 0.15) is 47.4 Å². The molecule has 0 aromatic heterocycles. The Morgan fingerprint density at radius 3 is 2.31 bits per heavy atom. The predicted octanol–water partition coefficient (Wildman–Crippen LogP) is 0.152. The first-order valence-corrected chi connectivity index (χ1v) is 8.80. The molecule has 0 bridgehead atoms. The number of benzene rings is 2. The van der Waals surface area contributed by atoms with Crippen molar-refractivity contribution in [1.29, 1.82) is 0 Å². The highest BCUT2D eigenvalue weighted by atomic mass is 16.7. The molecule has 0 aliphatic carbocycles. The molecule has 9 nitrogen and oxygen atoms in total. The van der Waals surface area contributed by atoms with Crippen LogP contribution in [-0.2, 0) is 4.74 Å². The van der Waals surface area contributed by atoms with E-state index in [1.165, 1.54) is 36.4 Å². The molecule has 1 fully saturated rings. The van der Waals surface area contributed by atoms with Crippen molar-refractivity contribution in [2.24, 2.45) is 0 Å². The van der Waals surface area contributed by atoms with E-state index in [0.29, 0.717) is 11.1 Å². The van der Waals surface area contributed by atoms with Crippen molar-refractivity contribution in [3.8, 4) is 23.0 Å². The average Bonchev–Trinajstić information content (AvgIpc) is 2.67. The van der Waals surface area contributed by atoms with Crippen LogP contribution in [-0.4, -0.2) is 73.1 Å². The minimum Gasteiger partial charge on any atom is -0.508 e. The third-order valence-corrected chi connectivity index (χ3v) is 4.48. The second-order valence-electron chi connectivity index (χ2n) is 6.65. The van der Waals surface area contributed by atoms with Crippen LogP contribution in [0.3, 0.4) is 0 Å². The number of hydrogen-bond acceptors (Lipinski definition) is 9. The molecule has 0 unspecified atom stereocenters. The molecular weight excluding hydrogens is 384 g/mol. The second-order valence-corrected chi connectivity index (χ2v) is 6.65. The Hall–Kier alpha value is -2.82. The first kappa shape index (κ1) is 20.9. The lowest BCUT2D eigenvalue weighted by molar-refractivity contribution is -0.277. The van der Waals surface area contributed by atoms with E-state index in [1.807, 2.05) is 0 Å². The molecule has 0 amide bonds. The van der Waals surface area contributed by atoms with Gasteiger partial charge in [-0.1, -0.05) is 12.2 Å². The number of phenols is 3. The molecule has 2 aromatic carbocycles. The first-order valence-electron chi connectivity index (χ1n) is 8.80. The van der Waals surface area contributed by atoms with Gasteiger partial charge in [0.15, 0.2) is 0 Å². The van der Waals surface area contributed by atoms with Crippen molar-refractivity contribution in [1.82, 2.24) is 0 Å². The maximum atomic E-state index is 10.1. The van der Waals surface area contributed by atoms with Crippen LogP contribution >= 0.6 is 0 Å². The number of phenolic OH excluding ortho intramolecular Hbond substituents is 3. The lowest BCUT2D eigenvalue weighted by Crippen LogP contribution is -2.60. The van der Waals surface area contributed by atoms with Gasteiger partial charge >= 0.3 is 0 Å². The lowest BCUT2D eigenvalue weighted by Gasteiger charge is -2.39. The van der Waals surface area contributed by atoms with Gasteiger partial charge in [0.05, 0.1) is 6.61 Å². The summed E-state index contributed by atoms with van der Waals surface area (Å²) in [5.74, 6) is -0.253. The molecule has 1 heterocycles. The molecule has 1 aliphatic heterocycles. The van der Waals surface area contributed by atoms with Crippen LogP contribution in [0.5, 0.6) is 23.0 Å². The number of hydrogen-bond donors (Lipinski definition) is 7. The maximum Gasteiger partial charge on any atom is 0.229 e. The summed E-state index contributed by atoms with van der Waals surface area (Å²) < 4.78 is 10.8. The number of rotatable bonds is 5. The Bertz CT molecular complexity index is 880. The summed E-state index contributed by atoms with van der Waals surface area (Å²) in [6.07, 6.45) is -4.04. The Labute approximate surface area is 165 Å². The lowest BCUT2D eigenvalue weighted by atomic mass is 9.99. The summed E-state index contributed by atoms with van der Waals surface area (Å²) in [5, 5.41) is 68.0. The highest BCUT2D eigenvalue weighted by Crippen LogP contribution is 2.29. The summed E-state index contributed by atoms with van der Waals surface area (Å²) in [7, 11) is 0. The van der Waals surface area contributed by atoms with E-state index >= 15 is 0 Å². The van der Waals surface area contributed by atoms with Crippen molar-refractivity contribution < 1.29 is 45.2 Å². The van der Waals surface area contributed by atoms with Gasteiger partial charge in [0, 0.05) is 17.7 Å². The molecule has 3 rings (SSSR count). The Morgan fingerprint density at radius 2 is 1.62 bits per heavy atom. The minimum atomic E-state index is -1.58. The molecule has 29 heavy (non-hydrogen) atoms. The zero-order valence-electron chi connectivity index (χ0n) is 15.2. The van der Waals surface area contributed by atoms with Crippen molar-refractivity contribution in [3.05, 3.63) is 47.5 Å². The summed E-state index contributed by atoms with van der Waals surface area (Å²) >= 11 is 0. The summed E-state index contributed by atoms with van der Waals surface area (Å²) in [4.78, 5) is 0. The number of aromatic hydroxyl groups is 3. The quantitative estimate of drug-likeness (QED) is 0.343. The van der Waals surface area contributed by atoms with E-state index in [0.717, 1.165) is 0 Å². The number of aliphatic hydroxyl groups excluding tert-OH is 4. The normalized spacial score (nSPS) is 27.2.